The number of rotatable bonds is 7. The van der Waals surface area contributed by atoms with Crippen LogP contribution in [0, 0.1) is 11.8 Å². The molecule has 0 saturated carbocycles. The van der Waals surface area contributed by atoms with Crippen LogP contribution in [0.1, 0.15) is 51.0 Å². The Kier molecular flexibility index (Phi) is 6.55. The van der Waals surface area contributed by atoms with Crippen molar-refractivity contribution >= 4 is 5.91 Å². The molecule has 0 radical (unpaired) electrons. The van der Waals surface area contributed by atoms with Crippen molar-refractivity contribution in [1.82, 2.24) is 4.90 Å². The molecule has 1 heterocycles. The van der Waals surface area contributed by atoms with Gasteiger partial charge in [0.2, 0.25) is 5.91 Å². The first-order chi connectivity index (χ1) is 12.2. The molecule has 1 aliphatic heterocycles. The third kappa shape index (κ3) is 5.35. The largest absolute Gasteiger partial charge is 0.494 e. The molecule has 0 N–H and O–H groups in total. The molecule has 3 rings (SSSR count). The molecular weight excluding hydrogens is 310 g/mol. The highest BCUT2D eigenvalue weighted by Gasteiger charge is 2.24. The zero-order chi connectivity index (χ0) is 17.5. The van der Waals surface area contributed by atoms with Crippen molar-refractivity contribution in [2.45, 2.75) is 51.9 Å². The lowest BCUT2D eigenvalue weighted by atomic mass is 9.90. The molecule has 1 atom stereocenters. The predicted molar refractivity (Wildman–Crippen MR) is 102 cm³/mol. The second-order valence-corrected chi connectivity index (χ2v) is 7.41. The van der Waals surface area contributed by atoms with Gasteiger partial charge in [0.25, 0.3) is 0 Å². The van der Waals surface area contributed by atoms with Gasteiger partial charge in [0, 0.05) is 19.5 Å². The number of hydrogen-bond acceptors (Lipinski definition) is 2. The molecule has 0 spiro atoms. The van der Waals surface area contributed by atoms with Crippen LogP contribution in [0.4, 0.5) is 0 Å². The molecule has 25 heavy (non-hydrogen) atoms. The lowest BCUT2D eigenvalue weighted by molar-refractivity contribution is -0.133. The van der Waals surface area contributed by atoms with E-state index < -0.39 is 0 Å². The number of carbonyl (C=O) groups excluding carboxylic acids is 1. The Morgan fingerprint density at radius 2 is 1.92 bits per heavy atom. The highest BCUT2D eigenvalue weighted by Crippen LogP contribution is 2.26. The Morgan fingerprint density at radius 3 is 2.56 bits per heavy atom. The maximum absolute atomic E-state index is 12.4. The molecule has 1 saturated heterocycles. The van der Waals surface area contributed by atoms with Gasteiger partial charge in [0.05, 0.1) is 6.61 Å². The van der Waals surface area contributed by atoms with Crippen LogP contribution in [0.15, 0.2) is 36.4 Å². The van der Waals surface area contributed by atoms with E-state index in [-0.39, 0.29) is 0 Å². The number of piperidine rings is 1. The molecule has 0 aromatic heterocycles. The van der Waals surface area contributed by atoms with Crippen molar-refractivity contribution in [3.05, 3.63) is 42.0 Å². The molecule has 2 aliphatic rings. The monoisotopic (exact) mass is 341 g/mol. The van der Waals surface area contributed by atoms with Gasteiger partial charge in [-0.1, -0.05) is 24.3 Å². The van der Waals surface area contributed by atoms with Gasteiger partial charge in [-0.15, -0.1) is 0 Å². The summed E-state index contributed by atoms with van der Waals surface area (Å²) in [5, 5.41) is 0. The topological polar surface area (TPSA) is 29.5 Å². The average molecular weight is 341 g/mol. The summed E-state index contributed by atoms with van der Waals surface area (Å²) in [4.78, 5) is 14.5. The lowest BCUT2D eigenvalue weighted by Crippen LogP contribution is -2.39. The van der Waals surface area contributed by atoms with Crippen molar-refractivity contribution in [3.63, 3.8) is 0 Å². The number of hydrogen-bond donors (Lipinski definition) is 0. The third-order valence-corrected chi connectivity index (χ3v) is 5.59. The summed E-state index contributed by atoms with van der Waals surface area (Å²) in [6.45, 7) is 4.62. The van der Waals surface area contributed by atoms with E-state index in [1.807, 2.05) is 6.92 Å². The van der Waals surface area contributed by atoms with Gasteiger partial charge < -0.3 is 9.64 Å². The number of nitrogens with zero attached hydrogens (tertiary/aromatic N) is 1. The Hall–Kier alpha value is -1.77. The van der Waals surface area contributed by atoms with Crippen LogP contribution < -0.4 is 4.74 Å². The van der Waals surface area contributed by atoms with Crippen molar-refractivity contribution in [3.8, 4) is 5.75 Å². The smallest absolute Gasteiger partial charge is 0.223 e. The Balaban J connectivity index is 1.37. The average Bonchev–Trinajstić information content (AvgIpc) is 3.15. The van der Waals surface area contributed by atoms with Crippen LogP contribution in [0.5, 0.6) is 5.75 Å². The van der Waals surface area contributed by atoms with Gasteiger partial charge in [0.1, 0.15) is 5.75 Å². The Morgan fingerprint density at radius 1 is 1.16 bits per heavy atom. The van der Waals surface area contributed by atoms with Crippen LogP contribution in [0.2, 0.25) is 0 Å². The molecule has 136 valence electrons. The van der Waals surface area contributed by atoms with Gasteiger partial charge in [0.15, 0.2) is 0 Å². The zero-order valence-electron chi connectivity index (χ0n) is 15.5. The Labute approximate surface area is 152 Å². The lowest BCUT2D eigenvalue weighted by Gasteiger charge is -2.32. The molecule has 3 heteroatoms. The van der Waals surface area contributed by atoms with E-state index in [2.05, 4.69) is 41.3 Å². The van der Waals surface area contributed by atoms with Crippen LogP contribution >= 0.6 is 0 Å². The summed E-state index contributed by atoms with van der Waals surface area (Å²) in [6, 6.07) is 8.49. The molecule has 1 unspecified atom stereocenters. The first-order valence-corrected chi connectivity index (χ1v) is 9.90. The molecule has 1 aliphatic carbocycles. The minimum Gasteiger partial charge on any atom is -0.494 e. The molecule has 1 fully saturated rings. The molecule has 0 bridgehead atoms. The maximum Gasteiger partial charge on any atom is 0.223 e. The fourth-order valence-corrected chi connectivity index (χ4v) is 3.98. The first kappa shape index (κ1) is 18.0. The number of aryl methyl sites for hydroxylation is 1. The van der Waals surface area contributed by atoms with E-state index >= 15 is 0 Å². The van der Waals surface area contributed by atoms with Crippen molar-refractivity contribution < 1.29 is 9.53 Å². The third-order valence-electron chi connectivity index (χ3n) is 5.59. The van der Waals surface area contributed by atoms with E-state index in [4.69, 9.17) is 4.74 Å². The second-order valence-electron chi connectivity index (χ2n) is 7.41. The number of amides is 1. The zero-order valence-corrected chi connectivity index (χ0v) is 15.5. The summed E-state index contributed by atoms with van der Waals surface area (Å²) < 4.78 is 5.50. The molecule has 3 nitrogen and oxygen atoms in total. The number of ether oxygens (including phenoxy) is 1. The number of benzene rings is 1. The van der Waals surface area contributed by atoms with Gasteiger partial charge in [-0.2, -0.15) is 0 Å². The fourth-order valence-electron chi connectivity index (χ4n) is 3.98. The van der Waals surface area contributed by atoms with Crippen molar-refractivity contribution in [1.29, 1.82) is 0 Å². The van der Waals surface area contributed by atoms with Gasteiger partial charge in [-0.25, -0.2) is 0 Å². The first-order valence-electron chi connectivity index (χ1n) is 9.90. The van der Waals surface area contributed by atoms with Crippen LogP contribution in [-0.2, 0) is 11.2 Å². The summed E-state index contributed by atoms with van der Waals surface area (Å²) in [5.74, 6) is 2.56. The van der Waals surface area contributed by atoms with Crippen molar-refractivity contribution in [2.75, 3.05) is 19.7 Å². The normalized spacial score (nSPS) is 20.8. The molecule has 1 aromatic carbocycles. The Bertz CT molecular complexity index is 570. The van der Waals surface area contributed by atoms with Gasteiger partial charge >= 0.3 is 0 Å². The number of likely N-dealkylation sites (tertiary alicyclic amines) is 1. The minimum atomic E-state index is 0.363. The number of carbonyl (C=O) groups is 1. The second kappa shape index (κ2) is 9.07. The summed E-state index contributed by atoms with van der Waals surface area (Å²) in [6.07, 6.45) is 12.1. The van der Waals surface area contributed by atoms with E-state index in [0.29, 0.717) is 24.9 Å². The standard InChI is InChI=1S/C22H31NO2/c1-2-25-21-11-9-18(10-12-21)7-8-19-13-15-23(16-14-19)22(24)17-20-5-3-4-6-20/h3,5,9-12,19-20H,2,4,6-8,13-17H2,1H3. The summed E-state index contributed by atoms with van der Waals surface area (Å²) in [5.41, 5.74) is 1.38. The summed E-state index contributed by atoms with van der Waals surface area (Å²) >= 11 is 0. The van der Waals surface area contributed by atoms with Crippen LogP contribution in [-0.4, -0.2) is 30.5 Å². The molecular formula is C22H31NO2. The quantitative estimate of drug-likeness (QED) is 0.678. The molecule has 1 amide bonds. The van der Waals surface area contributed by atoms with E-state index in [1.54, 1.807) is 0 Å². The summed E-state index contributed by atoms with van der Waals surface area (Å²) in [7, 11) is 0. The van der Waals surface area contributed by atoms with Gasteiger partial charge in [-0.3, -0.25) is 4.79 Å². The van der Waals surface area contributed by atoms with E-state index in [0.717, 1.165) is 56.9 Å². The maximum atomic E-state index is 12.4. The van der Waals surface area contributed by atoms with Gasteiger partial charge in [-0.05, 0) is 75.0 Å². The van der Waals surface area contributed by atoms with E-state index in [9.17, 15) is 4.79 Å². The SMILES string of the molecule is CCOc1ccc(CCC2CCN(C(=O)CC3C=CCC3)CC2)cc1. The highest BCUT2D eigenvalue weighted by molar-refractivity contribution is 5.76. The van der Waals surface area contributed by atoms with Crippen LogP contribution in [0.25, 0.3) is 0 Å². The van der Waals surface area contributed by atoms with Crippen molar-refractivity contribution in [2.24, 2.45) is 11.8 Å². The predicted octanol–water partition coefficient (Wildman–Crippen LogP) is 4.61. The minimum absolute atomic E-state index is 0.363. The van der Waals surface area contributed by atoms with Crippen LogP contribution in [0.3, 0.4) is 0 Å². The molecule has 1 aromatic rings. The highest BCUT2D eigenvalue weighted by atomic mass is 16.5. The fraction of sp³-hybridized carbons (Fsp3) is 0.591. The van der Waals surface area contributed by atoms with E-state index in [1.165, 1.54) is 12.0 Å². The number of allylic oxidation sites excluding steroid dienone is 2.